The van der Waals surface area contributed by atoms with Crippen molar-refractivity contribution in [3.8, 4) is 0 Å². The van der Waals surface area contributed by atoms with Gasteiger partial charge < -0.3 is 10.2 Å². The van der Waals surface area contributed by atoms with Crippen LogP contribution in [0.15, 0.2) is 24.3 Å². The fourth-order valence-electron chi connectivity index (χ4n) is 4.05. The van der Waals surface area contributed by atoms with Crippen molar-refractivity contribution in [2.45, 2.75) is 119 Å². The van der Waals surface area contributed by atoms with Crippen LogP contribution >= 0.6 is 22.7 Å². The lowest BCUT2D eigenvalue weighted by Crippen LogP contribution is -2.26. The lowest BCUT2D eigenvalue weighted by molar-refractivity contribution is -0.148. The summed E-state index contributed by atoms with van der Waals surface area (Å²) in [7, 11) is 0. The molecule has 5 heteroatoms. The van der Waals surface area contributed by atoms with Gasteiger partial charge in [0.1, 0.15) is 0 Å². The average Bonchev–Trinajstić information content (AvgIpc) is 3.50. The van der Waals surface area contributed by atoms with Crippen LogP contribution in [0, 0.1) is 10.8 Å². The van der Waals surface area contributed by atoms with Gasteiger partial charge >= 0.3 is 5.97 Å². The molecule has 2 aromatic heterocycles. The van der Waals surface area contributed by atoms with Crippen molar-refractivity contribution in [2.75, 3.05) is 6.61 Å². The zero-order chi connectivity index (χ0) is 26.3. The van der Waals surface area contributed by atoms with E-state index in [0.717, 1.165) is 51.4 Å². The van der Waals surface area contributed by atoms with Crippen LogP contribution in [-0.2, 0) is 30.5 Å². The van der Waals surface area contributed by atoms with Gasteiger partial charge in [-0.05, 0) is 101 Å². The molecular weight excluding hydrogens is 472 g/mol. The van der Waals surface area contributed by atoms with Crippen LogP contribution in [0.3, 0.4) is 0 Å². The third kappa shape index (κ3) is 12.1. The highest BCUT2D eigenvalue weighted by Crippen LogP contribution is 2.30. The molecule has 1 unspecified atom stereocenters. The number of aliphatic hydroxyl groups excluding tert-OH is 1. The fraction of sp³-hybridized carbons (Fsp3) is 0.700. The normalized spacial score (nSPS) is 13.2. The Morgan fingerprint density at radius 3 is 1.51 bits per heavy atom. The van der Waals surface area contributed by atoms with Gasteiger partial charge in [0.2, 0.25) is 0 Å². The van der Waals surface area contributed by atoms with Crippen molar-refractivity contribution in [3.05, 3.63) is 43.8 Å². The molecule has 200 valence electrons. The molecule has 0 saturated heterocycles. The second-order valence-corrected chi connectivity index (χ2v) is 13.1. The van der Waals surface area contributed by atoms with E-state index in [0.29, 0.717) is 6.42 Å². The van der Waals surface area contributed by atoms with Gasteiger partial charge in [-0.3, -0.25) is 4.79 Å². The van der Waals surface area contributed by atoms with E-state index in [4.69, 9.17) is 0 Å². The van der Waals surface area contributed by atoms with Crippen LogP contribution in [-0.4, -0.2) is 22.8 Å². The Morgan fingerprint density at radius 2 is 1.14 bits per heavy atom. The van der Waals surface area contributed by atoms with Gasteiger partial charge in [0.25, 0.3) is 0 Å². The molecule has 2 heterocycles. The summed E-state index contributed by atoms with van der Waals surface area (Å²) in [4.78, 5) is 17.3. The lowest BCUT2D eigenvalue weighted by Gasteiger charge is -2.22. The second-order valence-electron chi connectivity index (χ2n) is 10.5. The van der Waals surface area contributed by atoms with Gasteiger partial charge in [0.05, 0.1) is 5.41 Å². The molecule has 0 aromatic carbocycles. The van der Waals surface area contributed by atoms with Gasteiger partial charge in [-0.1, -0.05) is 47.5 Å². The number of hydrogen-bond acceptors (Lipinski definition) is 4. The molecule has 3 nitrogen and oxygen atoms in total. The number of thiophene rings is 2. The summed E-state index contributed by atoms with van der Waals surface area (Å²) in [5.41, 5.74) is -0.516. The third-order valence-corrected chi connectivity index (χ3v) is 9.34. The standard InChI is InChI=1S/C28H44O3S2.C2H6/c1-5-28(4,26(30)31)20-9-7-12-23-16-18-25(33-23)14-10-13-24-17-15-22(32-24)11-6-8-19-27(2,3)21-29;1-2/h15-18,29H,5-14,19-21H2,1-4H3,(H,30,31);1-2H3. The summed E-state index contributed by atoms with van der Waals surface area (Å²) in [5, 5.41) is 18.8. The molecule has 0 radical (unpaired) electrons. The minimum atomic E-state index is -0.664. The van der Waals surface area contributed by atoms with Crippen molar-refractivity contribution in [3.63, 3.8) is 0 Å². The smallest absolute Gasteiger partial charge is 0.309 e. The Kier molecular flexibility index (Phi) is 15.1. The molecule has 0 saturated carbocycles. The van der Waals surface area contributed by atoms with E-state index >= 15 is 0 Å². The summed E-state index contributed by atoms with van der Waals surface area (Å²) < 4.78 is 0. The van der Waals surface area contributed by atoms with Crippen molar-refractivity contribution in [1.29, 1.82) is 0 Å². The SMILES string of the molecule is CC.CCC(C)(CCCCc1ccc(CCCc2ccc(CCCCC(C)(C)CO)s2)s1)C(=O)O. The topological polar surface area (TPSA) is 57.5 Å². The Bertz CT molecular complexity index is 836. The zero-order valence-corrected chi connectivity index (χ0v) is 24.8. The van der Waals surface area contributed by atoms with E-state index < -0.39 is 11.4 Å². The predicted octanol–water partition coefficient (Wildman–Crippen LogP) is 8.96. The highest BCUT2D eigenvalue weighted by molar-refractivity contribution is 7.12. The van der Waals surface area contributed by atoms with E-state index in [1.54, 1.807) is 0 Å². The van der Waals surface area contributed by atoms with Crippen LogP contribution in [0.2, 0.25) is 0 Å². The lowest BCUT2D eigenvalue weighted by atomic mass is 9.82. The Balaban J connectivity index is 0.00000298. The summed E-state index contributed by atoms with van der Waals surface area (Å²) in [5.74, 6) is -0.664. The summed E-state index contributed by atoms with van der Waals surface area (Å²) in [6.45, 7) is 12.4. The monoisotopic (exact) mass is 522 g/mol. The van der Waals surface area contributed by atoms with Gasteiger partial charge in [0, 0.05) is 26.1 Å². The maximum Gasteiger partial charge on any atom is 0.309 e. The number of hydrogen-bond donors (Lipinski definition) is 2. The molecule has 35 heavy (non-hydrogen) atoms. The average molecular weight is 523 g/mol. The number of aliphatic hydroxyl groups is 1. The zero-order valence-electron chi connectivity index (χ0n) is 23.1. The van der Waals surface area contributed by atoms with Gasteiger partial charge in [0.15, 0.2) is 0 Å². The molecule has 2 aromatic rings. The first kappa shape index (κ1) is 31.9. The first-order valence-electron chi connectivity index (χ1n) is 13.7. The van der Waals surface area contributed by atoms with Crippen molar-refractivity contribution < 1.29 is 15.0 Å². The highest BCUT2D eigenvalue weighted by atomic mass is 32.1. The molecule has 1 atom stereocenters. The molecule has 0 bridgehead atoms. The van der Waals surface area contributed by atoms with Crippen LogP contribution < -0.4 is 0 Å². The van der Waals surface area contributed by atoms with Crippen LogP contribution in [0.5, 0.6) is 0 Å². The molecule has 0 spiro atoms. The largest absolute Gasteiger partial charge is 0.481 e. The molecular formula is C30H50O3S2. The molecule has 0 fully saturated rings. The number of carboxylic acids is 1. The Labute approximate surface area is 223 Å². The van der Waals surface area contributed by atoms with Crippen LogP contribution in [0.1, 0.15) is 112 Å². The first-order valence-corrected chi connectivity index (χ1v) is 15.3. The quantitative estimate of drug-likeness (QED) is 0.204. The van der Waals surface area contributed by atoms with Crippen LogP contribution in [0.4, 0.5) is 0 Å². The van der Waals surface area contributed by atoms with E-state index in [1.165, 1.54) is 38.8 Å². The number of carbonyl (C=O) groups is 1. The highest BCUT2D eigenvalue weighted by Gasteiger charge is 2.30. The van der Waals surface area contributed by atoms with Crippen molar-refractivity contribution in [2.24, 2.45) is 10.8 Å². The fourth-order valence-corrected chi connectivity index (χ4v) is 6.25. The number of carboxylic acid groups (broad SMARTS) is 1. The van der Waals surface area contributed by atoms with Crippen molar-refractivity contribution in [1.82, 2.24) is 0 Å². The summed E-state index contributed by atoms with van der Waals surface area (Å²) >= 11 is 3.90. The van der Waals surface area contributed by atoms with E-state index in [2.05, 4.69) is 38.1 Å². The predicted molar refractivity (Wildman–Crippen MR) is 154 cm³/mol. The number of aryl methyl sites for hydroxylation is 4. The molecule has 0 amide bonds. The van der Waals surface area contributed by atoms with E-state index in [-0.39, 0.29) is 12.0 Å². The van der Waals surface area contributed by atoms with E-state index in [1.807, 2.05) is 50.4 Å². The van der Waals surface area contributed by atoms with Crippen molar-refractivity contribution >= 4 is 28.6 Å². The molecule has 2 rings (SSSR count). The number of aliphatic carboxylic acids is 1. The first-order chi connectivity index (χ1) is 16.7. The Morgan fingerprint density at radius 1 is 0.743 bits per heavy atom. The summed E-state index contributed by atoms with van der Waals surface area (Å²) in [6, 6.07) is 9.14. The van der Waals surface area contributed by atoms with E-state index in [9.17, 15) is 15.0 Å². The minimum Gasteiger partial charge on any atom is -0.481 e. The maximum absolute atomic E-state index is 11.4. The van der Waals surface area contributed by atoms with Gasteiger partial charge in [-0.15, -0.1) is 22.7 Å². The third-order valence-electron chi connectivity index (χ3n) is 6.93. The van der Waals surface area contributed by atoms with Crippen LogP contribution in [0.25, 0.3) is 0 Å². The number of unbranched alkanes of at least 4 members (excludes halogenated alkanes) is 2. The maximum atomic E-state index is 11.4. The molecule has 0 aliphatic carbocycles. The molecule has 0 aliphatic heterocycles. The Hall–Kier alpha value is -1.17. The van der Waals surface area contributed by atoms with Gasteiger partial charge in [-0.2, -0.15) is 0 Å². The number of rotatable bonds is 17. The minimum absolute atomic E-state index is 0.0546. The molecule has 0 aliphatic rings. The van der Waals surface area contributed by atoms with Gasteiger partial charge in [-0.25, -0.2) is 0 Å². The molecule has 2 N–H and O–H groups in total. The summed E-state index contributed by atoms with van der Waals surface area (Å²) in [6.07, 6.45) is 12.7. The second kappa shape index (κ2) is 16.6.